The molecule has 6 heteroatoms. The molecule has 0 radical (unpaired) electrons. The number of anilines is 2. The van der Waals surface area contributed by atoms with Crippen molar-refractivity contribution in [2.75, 3.05) is 11.4 Å². The van der Waals surface area contributed by atoms with Gasteiger partial charge in [-0.15, -0.1) is 0 Å². The third-order valence-corrected chi connectivity index (χ3v) is 3.75. The molecule has 1 aromatic heterocycles. The molecule has 26 heavy (non-hydrogen) atoms. The number of aromatic nitrogens is 1. The van der Waals surface area contributed by atoms with Crippen molar-refractivity contribution in [1.29, 1.82) is 0 Å². The van der Waals surface area contributed by atoms with Crippen LogP contribution in [-0.2, 0) is 9.59 Å². The number of carbonyl (C=O) groups is 2. The minimum atomic E-state index is -1.05. The molecule has 0 unspecified atom stereocenters. The van der Waals surface area contributed by atoms with Crippen LogP contribution >= 0.6 is 0 Å². The van der Waals surface area contributed by atoms with Gasteiger partial charge in [0.15, 0.2) is 0 Å². The Bertz CT molecular complexity index is 998. The van der Waals surface area contributed by atoms with Gasteiger partial charge in [0.1, 0.15) is 12.4 Å². The minimum absolute atomic E-state index is 0.266. The Balaban J connectivity index is 2.03. The maximum atomic E-state index is 11.4. The van der Waals surface area contributed by atoms with Gasteiger partial charge in [0.25, 0.3) is 0 Å². The quantitative estimate of drug-likeness (QED) is 0.662. The summed E-state index contributed by atoms with van der Waals surface area (Å²) in [5.41, 5.74) is 2.03. The first-order chi connectivity index (χ1) is 12.5. The molecule has 0 aliphatic rings. The fourth-order valence-corrected chi connectivity index (χ4v) is 2.61. The number of benzene rings is 2. The van der Waals surface area contributed by atoms with Gasteiger partial charge >= 0.3 is 11.9 Å². The third kappa shape index (κ3) is 4.05. The van der Waals surface area contributed by atoms with E-state index in [0.29, 0.717) is 17.1 Å². The molecule has 3 rings (SSSR count). The number of carboxylic acids is 2. The zero-order chi connectivity index (χ0) is 18.5. The molecule has 2 aromatic carbocycles. The van der Waals surface area contributed by atoms with Crippen LogP contribution < -0.4 is 4.90 Å². The molecule has 0 aliphatic heterocycles. The van der Waals surface area contributed by atoms with E-state index in [1.807, 2.05) is 30.3 Å². The second-order valence-corrected chi connectivity index (χ2v) is 5.61. The van der Waals surface area contributed by atoms with E-state index in [4.69, 9.17) is 5.11 Å². The van der Waals surface area contributed by atoms with E-state index in [1.165, 1.54) is 6.08 Å². The third-order valence-electron chi connectivity index (χ3n) is 3.75. The van der Waals surface area contributed by atoms with Crippen molar-refractivity contribution in [2.24, 2.45) is 0 Å². The van der Waals surface area contributed by atoms with Crippen LogP contribution in [0.1, 0.15) is 5.56 Å². The Morgan fingerprint density at radius 1 is 1.00 bits per heavy atom. The molecule has 0 spiro atoms. The van der Waals surface area contributed by atoms with Gasteiger partial charge in [-0.25, -0.2) is 9.78 Å². The van der Waals surface area contributed by atoms with Crippen LogP contribution in [0.4, 0.5) is 11.5 Å². The van der Waals surface area contributed by atoms with Crippen LogP contribution in [0.2, 0.25) is 0 Å². The topological polar surface area (TPSA) is 90.7 Å². The summed E-state index contributed by atoms with van der Waals surface area (Å²) in [6.45, 7) is -0.266. The predicted octanol–water partition coefficient (Wildman–Crippen LogP) is 3.56. The van der Waals surface area contributed by atoms with Crippen LogP contribution in [0.15, 0.2) is 66.7 Å². The Hall–Kier alpha value is -3.67. The van der Waals surface area contributed by atoms with Crippen molar-refractivity contribution >= 4 is 40.4 Å². The molecule has 0 aliphatic carbocycles. The average molecular weight is 348 g/mol. The molecule has 130 valence electrons. The van der Waals surface area contributed by atoms with E-state index >= 15 is 0 Å². The van der Waals surface area contributed by atoms with E-state index in [9.17, 15) is 14.7 Å². The molecule has 0 saturated carbocycles. The first kappa shape index (κ1) is 17.2. The van der Waals surface area contributed by atoms with Crippen LogP contribution in [-0.4, -0.2) is 33.7 Å². The summed E-state index contributed by atoms with van der Waals surface area (Å²) in [6.07, 6.45) is 2.49. The number of hydrogen-bond acceptors (Lipinski definition) is 4. The van der Waals surface area contributed by atoms with Gasteiger partial charge in [-0.3, -0.25) is 4.79 Å². The maximum absolute atomic E-state index is 11.4. The zero-order valence-electron chi connectivity index (χ0n) is 13.7. The van der Waals surface area contributed by atoms with Gasteiger partial charge in [0.2, 0.25) is 0 Å². The number of para-hydroxylation sites is 1. The lowest BCUT2D eigenvalue weighted by molar-refractivity contribution is -0.135. The summed E-state index contributed by atoms with van der Waals surface area (Å²) in [7, 11) is 0. The number of pyridine rings is 1. The molecule has 0 atom stereocenters. The summed E-state index contributed by atoms with van der Waals surface area (Å²) >= 11 is 0. The van der Waals surface area contributed by atoms with E-state index in [0.717, 1.165) is 17.0 Å². The summed E-state index contributed by atoms with van der Waals surface area (Å²) in [6, 6.07) is 18.2. The van der Waals surface area contributed by atoms with Crippen molar-refractivity contribution in [3.05, 3.63) is 72.3 Å². The van der Waals surface area contributed by atoms with Crippen LogP contribution in [0, 0.1) is 0 Å². The number of aliphatic carboxylic acids is 2. The van der Waals surface area contributed by atoms with E-state index in [1.54, 1.807) is 35.2 Å². The number of hydrogen-bond donors (Lipinski definition) is 2. The van der Waals surface area contributed by atoms with Crippen molar-refractivity contribution < 1.29 is 19.8 Å². The summed E-state index contributed by atoms with van der Waals surface area (Å²) < 4.78 is 0. The van der Waals surface area contributed by atoms with Gasteiger partial charge in [-0.05, 0) is 42.0 Å². The highest BCUT2D eigenvalue weighted by atomic mass is 16.4. The highest BCUT2D eigenvalue weighted by molar-refractivity contribution is 5.86. The van der Waals surface area contributed by atoms with Crippen molar-refractivity contribution in [1.82, 2.24) is 4.98 Å². The molecular formula is C20H16N2O4. The highest BCUT2D eigenvalue weighted by Gasteiger charge is 2.15. The van der Waals surface area contributed by atoms with Gasteiger partial charge in [0.05, 0.1) is 5.52 Å². The molecule has 0 bridgehead atoms. The first-order valence-corrected chi connectivity index (χ1v) is 7.89. The van der Waals surface area contributed by atoms with E-state index in [-0.39, 0.29) is 6.54 Å². The molecule has 6 nitrogen and oxygen atoms in total. The molecule has 3 aromatic rings. The number of fused-ring (bicyclic) bond motifs is 1. The smallest absolute Gasteiger partial charge is 0.328 e. The molecule has 2 N–H and O–H groups in total. The zero-order valence-corrected chi connectivity index (χ0v) is 13.7. The van der Waals surface area contributed by atoms with Crippen LogP contribution in [0.25, 0.3) is 17.0 Å². The van der Waals surface area contributed by atoms with Crippen molar-refractivity contribution in [3.8, 4) is 0 Å². The van der Waals surface area contributed by atoms with Gasteiger partial charge in [0, 0.05) is 17.1 Å². The van der Waals surface area contributed by atoms with Gasteiger partial charge in [-0.2, -0.15) is 0 Å². The minimum Gasteiger partial charge on any atom is -0.480 e. The second kappa shape index (κ2) is 7.48. The Kier molecular flexibility index (Phi) is 4.94. The Morgan fingerprint density at radius 2 is 1.81 bits per heavy atom. The second-order valence-electron chi connectivity index (χ2n) is 5.61. The molecule has 0 saturated heterocycles. The standard InChI is InChI=1S/C20H16N2O4/c23-19(24)11-8-14-4-3-6-16(12-14)22(13-20(25)26)18-10-9-15-5-1-2-7-17(15)21-18/h1-12H,13H2,(H,23,24)(H,25,26)/b11-8+. The summed E-state index contributed by atoms with van der Waals surface area (Å²) in [5, 5.41) is 19.0. The van der Waals surface area contributed by atoms with Crippen LogP contribution in [0.3, 0.4) is 0 Å². The van der Waals surface area contributed by atoms with Crippen LogP contribution in [0.5, 0.6) is 0 Å². The number of rotatable bonds is 6. The largest absolute Gasteiger partial charge is 0.480 e. The SMILES string of the molecule is O=C(O)/C=C/c1cccc(N(CC(=O)O)c2ccc3ccccc3n2)c1. The lowest BCUT2D eigenvalue weighted by Gasteiger charge is -2.22. The molecule has 0 amide bonds. The highest BCUT2D eigenvalue weighted by Crippen LogP contribution is 2.26. The lowest BCUT2D eigenvalue weighted by atomic mass is 10.1. The molecule has 1 heterocycles. The first-order valence-electron chi connectivity index (χ1n) is 7.89. The summed E-state index contributed by atoms with van der Waals surface area (Å²) in [4.78, 5) is 28.2. The maximum Gasteiger partial charge on any atom is 0.328 e. The van der Waals surface area contributed by atoms with Gasteiger partial charge in [-0.1, -0.05) is 30.3 Å². The fraction of sp³-hybridized carbons (Fsp3) is 0.0500. The van der Waals surface area contributed by atoms with Crippen molar-refractivity contribution in [2.45, 2.75) is 0 Å². The lowest BCUT2D eigenvalue weighted by Crippen LogP contribution is -2.25. The predicted molar refractivity (Wildman–Crippen MR) is 99.5 cm³/mol. The van der Waals surface area contributed by atoms with Crippen molar-refractivity contribution in [3.63, 3.8) is 0 Å². The average Bonchev–Trinajstić information content (AvgIpc) is 2.64. The molecular weight excluding hydrogens is 332 g/mol. The van der Waals surface area contributed by atoms with E-state index < -0.39 is 11.9 Å². The Labute approximate surface area is 149 Å². The van der Waals surface area contributed by atoms with Gasteiger partial charge < -0.3 is 15.1 Å². The number of nitrogens with zero attached hydrogens (tertiary/aromatic N) is 2. The number of carboxylic acid groups (broad SMARTS) is 2. The normalized spacial score (nSPS) is 10.9. The summed E-state index contributed by atoms with van der Waals surface area (Å²) in [5.74, 6) is -1.54. The monoisotopic (exact) mass is 348 g/mol. The molecule has 0 fully saturated rings. The fourth-order valence-electron chi connectivity index (χ4n) is 2.61. The van der Waals surface area contributed by atoms with E-state index in [2.05, 4.69) is 4.98 Å². The Morgan fingerprint density at radius 3 is 2.58 bits per heavy atom.